The molecule has 0 aromatic heterocycles. The van der Waals surface area contributed by atoms with Crippen molar-refractivity contribution in [2.45, 2.75) is 59.7 Å². The van der Waals surface area contributed by atoms with E-state index < -0.39 is 6.04 Å². The molecule has 6 heteroatoms. The Morgan fingerprint density at radius 2 is 1.71 bits per heavy atom. The maximum atomic E-state index is 13.1. The molecule has 0 aliphatic rings. The predicted molar refractivity (Wildman–Crippen MR) is 122 cm³/mol. The van der Waals surface area contributed by atoms with Gasteiger partial charge in [0.05, 0.1) is 7.11 Å². The van der Waals surface area contributed by atoms with Gasteiger partial charge in [0, 0.05) is 12.6 Å². The van der Waals surface area contributed by atoms with Gasteiger partial charge in [0.2, 0.25) is 5.91 Å². The first-order chi connectivity index (χ1) is 14.7. The van der Waals surface area contributed by atoms with Crippen LogP contribution < -0.4 is 14.8 Å². The smallest absolute Gasteiger partial charge is 0.261 e. The Hall–Kier alpha value is -3.02. The number of carbonyl (C=O) groups is 2. The third-order valence-electron chi connectivity index (χ3n) is 5.21. The maximum absolute atomic E-state index is 13.1. The maximum Gasteiger partial charge on any atom is 0.261 e. The molecule has 0 bridgehead atoms. The Morgan fingerprint density at radius 1 is 1.03 bits per heavy atom. The number of rotatable bonds is 10. The number of nitrogens with zero attached hydrogens (tertiary/aromatic N) is 1. The molecule has 0 saturated heterocycles. The minimum atomic E-state index is -0.643. The van der Waals surface area contributed by atoms with E-state index in [-0.39, 0.29) is 31.0 Å². The summed E-state index contributed by atoms with van der Waals surface area (Å²) in [6.45, 7) is 9.80. The first-order valence-corrected chi connectivity index (χ1v) is 10.7. The lowest BCUT2D eigenvalue weighted by Gasteiger charge is -2.29. The van der Waals surface area contributed by atoms with Crippen molar-refractivity contribution in [1.29, 1.82) is 0 Å². The zero-order chi connectivity index (χ0) is 23.0. The summed E-state index contributed by atoms with van der Waals surface area (Å²) >= 11 is 0. The summed E-state index contributed by atoms with van der Waals surface area (Å²) in [5.74, 6) is 0.905. The Bertz CT molecular complexity index is 877. The van der Waals surface area contributed by atoms with Crippen LogP contribution in [0.4, 0.5) is 0 Å². The number of benzene rings is 2. The summed E-state index contributed by atoms with van der Waals surface area (Å²) in [5, 5.41) is 2.96. The number of methoxy groups -OCH3 is 1. The molecule has 0 fully saturated rings. The molecule has 0 spiro atoms. The van der Waals surface area contributed by atoms with E-state index in [1.165, 1.54) is 0 Å². The van der Waals surface area contributed by atoms with Crippen LogP contribution in [0.15, 0.2) is 42.5 Å². The van der Waals surface area contributed by atoms with Crippen LogP contribution >= 0.6 is 0 Å². The van der Waals surface area contributed by atoms with Crippen LogP contribution in [0, 0.1) is 13.8 Å². The van der Waals surface area contributed by atoms with Crippen LogP contribution in [0.1, 0.15) is 43.9 Å². The molecule has 0 heterocycles. The lowest BCUT2D eigenvalue weighted by atomic mass is 10.1. The Kier molecular flexibility index (Phi) is 8.91. The van der Waals surface area contributed by atoms with E-state index >= 15 is 0 Å². The normalized spacial score (nSPS) is 12.6. The van der Waals surface area contributed by atoms with Gasteiger partial charge in [-0.2, -0.15) is 0 Å². The van der Waals surface area contributed by atoms with Crippen molar-refractivity contribution in [2.75, 3.05) is 13.7 Å². The molecule has 6 nitrogen and oxygen atoms in total. The molecule has 1 N–H and O–H groups in total. The number of amides is 2. The van der Waals surface area contributed by atoms with Crippen LogP contribution in [0.3, 0.4) is 0 Å². The fourth-order valence-corrected chi connectivity index (χ4v) is 3.26. The summed E-state index contributed by atoms with van der Waals surface area (Å²) in [7, 11) is 1.60. The van der Waals surface area contributed by atoms with Gasteiger partial charge in [-0.15, -0.1) is 0 Å². The highest BCUT2D eigenvalue weighted by molar-refractivity contribution is 5.88. The largest absolute Gasteiger partial charge is 0.497 e. The first-order valence-electron chi connectivity index (χ1n) is 10.7. The molecule has 2 atom stereocenters. The van der Waals surface area contributed by atoms with Gasteiger partial charge in [-0.25, -0.2) is 0 Å². The fourth-order valence-electron chi connectivity index (χ4n) is 3.26. The van der Waals surface area contributed by atoms with Crippen molar-refractivity contribution in [3.05, 3.63) is 59.2 Å². The molecule has 0 aliphatic carbocycles. The number of ether oxygens (including phenoxy) is 2. The van der Waals surface area contributed by atoms with Crippen molar-refractivity contribution in [3.8, 4) is 11.5 Å². The quantitative estimate of drug-likeness (QED) is 0.623. The van der Waals surface area contributed by atoms with Crippen LogP contribution in [-0.2, 0) is 16.1 Å². The van der Waals surface area contributed by atoms with E-state index in [1.807, 2.05) is 70.2 Å². The molecule has 0 aliphatic heterocycles. The van der Waals surface area contributed by atoms with E-state index in [4.69, 9.17) is 9.47 Å². The summed E-state index contributed by atoms with van der Waals surface area (Å²) < 4.78 is 11.1. The molecule has 2 rings (SSSR count). The molecular weight excluding hydrogens is 392 g/mol. The van der Waals surface area contributed by atoms with Gasteiger partial charge in [-0.1, -0.05) is 25.1 Å². The molecule has 2 amide bonds. The topological polar surface area (TPSA) is 67.9 Å². The first kappa shape index (κ1) is 24.3. The van der Waals surface area contributed by atoms with Crippen LogP contribution in [0.5, 0.6) is 11.5 Å². The highest BCUT2D eigenvalue weighted by atomic mass is 16.5. The number of aryl methyl sites for hydroxylation is 2. The van der Waals surface area contributed by atoms with Crippen molar-refractivity contribution < 1.29 is 19.1 Å². The van der Waals surface area contributed by atoms with E-state index in [9.17, 15) is 9.59 Å². The van der Waals surface area contributed by atoms with E-state index in [0.29, 0.717) is 11.5 Å². The van der Waals surface area contributed by atoms with Gasteiger partial charge >= 0.3 is 0 Å². The lowest BCUT2D eigenvalue weighted by molar-refractivity contribution is -0.142. The van der Waals surface area contributed by atoms with Gasteiger partial charge in [-0.05, 0) is 75.1 Å². The van der Waals surface area contributed by atoms with Gasteiger partial charge in [0.25, 0.3) is 5.91 Å². The average Bonchev–Trinajstić information content (AvgIpc) is 2.74. The minimum absolute atomic E-state index is 0.0373. The monoisotopic (exact) mass is 426 g/mol. The molecule has 0 unspecified atom stereocenters. The number of hydrogen-bond donors (Lipinski definition) is 1. The summed E-state index contributed by atoms with van der Waals surface area (Å²) in [6.07, 6.45) is 0.818. The second-order valence-electron chi connectivity index (χ2n) is 7.98. The van der Waals surface area contributed by atoms with Gasteiger partial charge in [0.1, 0.15) is 17.5 Å². The molecule has 0 saturated carbocycles. The van der Waals surface area contributed by atoms with E-state index in [1.54, 1.807) is 18.9 Å². The van der Waals surface area contributed by atoms with Gasteiger partial charge < -0.3 is 19.7 Å². The van der Waals surface area contributed by atoms with Crippen LogP contribution in [0.2, 0.25) is 0 Å². The van der Waals surface area contributed by atoms with Gasteiger partial charge in [-0.3, -0.25) is 9.59 Å². The summed E-state index contributed by atoms with van der Waals surface area (Å²) in [5.41, 5.74) is 3.01. The van der Waals surface area contributed by atoms with E-state index in [2.05, 4.69) is 5.32 Å². The third-order valence-corrected chi connectivity index (χ3v) is 5.21. The zero-order valence-corrected chi connectivity index (χ0v) is 19.4. The third kappa shape index (κ3) is 7.31. The number of carbonyl (C=O) groups excluding carboxylic acids is 2. The van der Waals surface area contributed by atoms with Crippen molar-refractivity contribution in [1.82, 2.24) is 10.2 Å². The summed E-state index contributed by atoms with van der Waals surface area (Å²) in [4.78, 5) is 27.5. The number of hydrogen-bond acceptors (Lipinski definition) is 4. The van der Waals surface area contributed by atoms with E-state index in [0.717, 1.165) is 23.1 Å². The molecule has 168 valence electrons. The second-order valence-corrected chi connectivity index (χ2v) is 7.98. The van der Waals surface area contributed by atoms with Crippen molar-refractivity contribution in [3.63, 3.8) is 0 Å². The standard InChI is InChI=1S/C25H34N2O4/c1-7-19(4)26-25(29)20(5)27(15-21-9-8-10-22(14-21)30-6)24(28)16-31-23-12-17(2)11-18(3)13-23/h8-14,19-20H,7,15-16H2,1-6H3,(H,26,29)/t19-,20-/m1/s1. The molecule has 2 aromatic rings. The second kappa shape index (κ2) is 11.4. The zero-order valence-electron chi connectivity index (χ0n) is 19.4. The Morgan fingerprint density at radius 3 is 2.32 bits per heavy atom. The van der Waals surface area contributed by atoms with Crippen molar-refractivity contribution in [2.24, 2.45) is 0 Å². The van der Waals surface area contributed by atoms with Crippen LogP contribution in [0.25, 0.3) is 0 Å². The lowest BCUT2D eigenvalue weighted by Crippen LogP contribution is -2.50. The molecular formula is C25H34N2O4. The molecule has 0 radical (unpaired) electrons. The van der Waals surface area contributed by atoms with Crippen molar-refractivity contribution >= 4 is 11.8 Å². The Balaban J connectivity index is 2.19. The summed E-state index contributed by atoms with van der Waals surface area (Å²) in [6, 6.07) is 12.7. The predicted octanol–water partition coefficient (Wildman–Crippen LogP) is 4.02. The van der Waals surface area contributed by atoms with Gasteiger partial charge in [0.15, 0.2) is 6.61 Å². The average molecular weight is 427 g/mol. The van der Waals surface area contributed by atoms with Crippen LogP contribution in [-0.4, -0.2) is 42.5 Å². The Labute approximate surface area is 185 Å². The number of nitrogens with one attached hydrogen (secondary N) is 1. The molecule has 2 aromatic carbocycles. The molecule has 31 heavy (non-hydrogen) atoms. The highest BCUT2D eigenvalue weighted by Gasteiger charge is 2.27. The fraction of sp³-hybridized carbons (Fsp3) is 0.440. The highest BCUT2D eigenvalue weighted by Crippen LogP contribution is 2.18. The minimum Gasteiger partial charge on any atom is -0.497 e. The SMILES string of the molecule is CC[C@@H](C)NC(=O)[C@@H](C)N(Cc1cccc(OC)c1)C(=O)COc1cc(C)cc(C)c1.